The fourth-order valence-corrected chi connectivity index (χ4v) is 2.27. The smallest absolute Gasteiger partial charge is 0.260 e. The molecule has 3 nitrogen and oxygen atoms in total. The predicted molar refractivity (Wildman–Crippen MR) is 68.8 cm³/mol. The van der Waals surface area contributed by atoms with Gasteiger partial charge >= 0.3 is 0 Å². The molecule has 120 valence electrons. The number of piperazine rings is 1. The van der Waals surface area contributed by atoms with E-state index in [1.165, 1.54) is 0 Å². The number of carbonyl (C=O) groups excluding carboxylic acids is 1. The second kappa shape index (κ2) is 6.43. The summed E-state index contributed by atoms with van der Waals surface area (Å²) >= 11 is 0. The van der Waals surface area contributed by atoms with Gasteiger partial charge < -0.3 is 4.90 Å². The zero-order valence-electron chi connectivity index (χ0n) is 11.5. The van der Waals surface area contributed by atoms with Crippen molar-refractivity contribution in [2.75, 3.05) is 32.7 Å². The van der Waals surface area contributed by atoms with Gasteiger partial charge in [0.05, 0.1) is 0 Å². The highest BCUT2D eigenvalue weighted by molar-refractivity contribution is 5.95. The van der Waals surface area contributed by atoms with E-state index in [1.54, 1.807) is 6.08 Å². The lowest BCUT2D eigenvalue weighted by Crippen LogP contribution is -2.49. The van der Waals surface area contributed by atoms with Crippen LogP contribution in [0.1, 0.15) is 10.4 Å². The SMILES string of the molecule is C=CCN1CCN(C(=O)c2c(F)c(F)c(F)c(F)c2F)CC1. The third-order valence-corrected chi connectivity index (χ3v) is 3.47. The minimum Gasteiger partial charge on any atom is -0.336 e. The fraction of sp³-hybridized carbons (Fsp3) is 0.357. The number of carbonyl (C=O) groups is 1. The van der Waals surface area contributed by atoms with E-state index < -0.39 is 40.6 Å². The highest BCUT2D eigenvalue weighted by Gasteiger charge is 2.33. The average Bonchev–Trinajstić information content (AvgIpc) is 2.52. The molecule has 1 saturated heterocycles. The van der Waals surface area contributed by atoms with Crippen LogP contribution < -0.4 is 0 Å². The molecule has 1 aliphatic heterocycles. The highest BCUT2D eigenvalue weighted by atomic mass is 19.2. The van der Waals surface area contributed by atoms with Gasteiger partial charge in [0.2, 0.25) is 5.82 Å². The fourth-order valence-electron chi connectivity index (χ4n) is 2.27. The molecule has 1 fully saturated rings. The predicted octanol–water partition coefficient (Wildman–Crippen LogP) is 2.33. The third kappa shape index (κ3) is 2.83. The maximum Gasteiger partial charge on any atom is 0.260 e. The summed E-state index contributed by atoms with van der Waals surface area (Å²) in [7, 11) is 0. The first-order chi connectivity index (χ1) is 10.4. The lowest BCUT2D eigenvalue weighted by Gasteiger charge is -2.34. The summed E-state index contributed by atoms with van der Waals surface area (Å²) in [6.07, 6.45) is 1.67. The van der Waals surface area contributed by atoms with Crippen LogP contribution in [0.25, 0.3) is 0 Å². The van der Waals surface area contributed by atoms with Gasteiger partial charge in [0.15, 0.2) is 23.3 Å². The van der Waals surface area contributed by atoms with E-state index in [2.05, 4.69) is 6.58 Å². The lowest BCUT2D eigenvalue weighted by atomic mass is 10.1. The molecule has 22 heavy (non-hydrogen) atoms. The Morgan fingerprint density at radius 2 is 1.36 bits per heavy atom. The molecule has 8 heteroatoms. The molecule has 0 radical (unpaired) electrons. The summed E-state index contributed by atoms with van der Waals surface area (Å²) in [5.74, 6) is -11.9. The molecule has 0 aliphatic carbocycles. The van der Waals surface area contributed by atoms with Gasteiger partial charge in [-0.2, -0.15) is 0 Å². The van der Waals surface area contributed by atoms with Gasteiger partial charge in [-0.05, 0) is 0 Å². The number of benzene rings is 1. The molecule has 1 amide bonds. The molecule has 2 rings (SSSR count). The molecule has 0 N–H and O–H groups in total. The van der Waals surface area contributed by atoms with E-state index >= 15 is 0 Å². The first-order valence-electron chi connectivity index (χ1n) is 6.52. The van der Waals surface area contributed by atoms with Crippen molar-refractivity contribution in [3.8, 4) is 0 Å². The van der Waals surface area contributed by atoms with Crippen molar-refractivity contribution in [1.29, 1.82) is 0 Å². The van der Waals surface area contributed by atoms with Crippen molar-refractivity contribution in [3.63, 3.8) is 0 Å². The van der Waals surface area contributed by atoms with Gasteiger partial charge in [-0.25, -0.2) is 22.0 Å². The third-order valence-electron chi connectivity index (χ3n) is 3.47. The number of nitrogens with zero attached hydrogens (tertiary/aromatic N) is 2. The first kappa shape index (κ1) is 16.4. The number of halogens is 5. The van der Waals surface area contributed by atoms with Gasteiger partial charge in [0.25, 0.3) is 5.91 Å². The Balaban J connectivity index is 2.26. The Morgan fingerprint density at radius 3 is 1.82 bits per heavy atom. The standard InChI is InChI=1S/C14H13F5N2O/c1-2-3-20-4-6-21(7-5-20)14(22)8-9(15)11(17)13(19)12(18)10(8)16/h2H,1,3-7H2. The van der Waals surface area contributed by atoms with Crippen LogP contribution in [0.4, 0.5) is 22.0 Å². The molecule has 0 spiro atoms. The molecule has 1 heterocycles. The summed E-state index contributed by atoms with van der Waals surface area (Å²) in [5, 5.41) is 0. The number of rotatable bonds is 3. The van der Waals surface area contributed by atoms with E-state index in [-0.39, 0.29) is 13.1 Å². The molecule has 0 bridgehead atoms. The van der Waals surface area contributed by atoms with Gasteiger partial charge in [0.1, 0.15) is 5.56 Å². The first-order valence-corrected chi connectivity index (χ1v) is 6.52. The molecular formula is C14H13F5N2O. The largest absolute Gasteiger partial charge is 0.336 e. The van der Waals surface area contributed by atoms with Crippen LogP contribution >= 0.6 is 0 Å². The van der Waals surface area contributed by atoms with Gasteiger partial charge in [-0.3, -0.25) is 9.69 Å². The zero-order valence-corrected chi connectivity index (χ0v) is 11.5. The van der Waals surface area contributed by atoms with Crippen LogP contribution in [0.2, 0.25) is 0 Å². The lowest BCUT2D eigenvalue weighted by molar-refractivity contribution is 0.0637. The zero-order chi connectivity index (χ0) is 16.4. The second-order valence-corrected chi connectivity index (χ2v) is 4.83. The normalized spacial score (nSPS) is 16.0. The number of amides is 1. The molecule has 1 aromatic rings. The molecule has 1 aromatic carbocycles. The van der Waals surface area contributed by atoms with Gasteiger partial charge in [-0.1, -0.05) is 6.08 Å². The summed E-state index contributed by atoms with van der Waals surface area (Å²) in [5.41, 5.74) is -1.41. The summed E-state index contributed by atoms with van der Waals surface area (Å²) in [6, 6.07) is 0. The van der Waals surface area contributed by atoms with Crippen LogP contribution in [0, 0.1) is 29.1 Å². The molecule has 0 atom stereocenters. The molecule has 0 aromatic heterocycles. The van der Waals surface area contributed by atoms with Crippen molar-refractivity contribution < 1.29 is 26.7 Å². The topological polar surface area (TPSA) is 23.6 Å². The van der Waals surface area contributed by atoms with E-state index in [9.17, 15) is 26.7 Å². The Hall–Kier alpha value is -1.96. The molecular weight excluding hydrogens is 307 g/mol. The maximum atomic E-state index is 13.6. The van der Waals surface area contributed by atoms with Crippen LogP contribution in [0.3, 0.4) is 0 Å². The molecule has 0 saturated carbocycles. The minimum atomic E-state index is -2.28. The number of hydrogen-bond donors (Lipinski definition) is 0. The van der Waals surface area contributed by atoms with E-state index in [0.29, 0.717) is 19.6 Å². The molecule has 0 unspecified atom stereocenters. The summed E-state index contributed by atoms with van der Waals surface area (Å²) < 4.78 is 66.5. The Bertz CT molecular complexity index is 583. The monoisotopic (exact) mass is 320 g/mol. The van der Waals surface area contributed by atoms with E-state index in [1.807, 2.05) is 4.90 Å². The Labute approximate surface area is 123 Å². The summed E-state index contributed by atoms with van der Waals surface area (Å²) in [4.78, 5) is 15.1. The van der Waals surface area contributed by atoms with Crippen molar-refractivity contribution in [2.45, 2.75) is 0 Å². The maximum absolute atomic E-state index is 13.6. The van der Waals surface area contributed by atoms with Crippen molar-refractivity contribution in [2.24, 2.45) is 0 Å². The van der Waals surface area contributed by atoms with Crippen molar-refractivity contribution >= 4 is 5.91 Å². The van der Waals surface area contributed by atoms with Crippen LogP contribution in [-0.4, -0.2) is 48.4 Å². The Kier molecular flexibility index (Phi) is 4.80. The second-order valence-electron chi connectivity index (χ2n) is 4.83. The number of hydrogen-bond acceptors (Lipinski definition) is 2. The Morgan fingerprint density at radius 1 is 0.909 bits per heavy atom. The van der Waals surface area contributed by atoms with Gasteiger partial charge in [0, 0.05) is 32.7 Å². The van der Waals surface area contributed by atoms with Crippen LogP contribution in [0.5, 0.6) is 0 Å². The summed E-state index contributed by atoms with van der Waals surface area (Å²) in [6.45, 7) is 5.26. The molecule has 1 aliphatic rings. The average molecular weight is 320 g/mol. The van der Waals surface area contributed by atoms with Crippen molar-refractivity contribution in [3.05, 3.63) is 47.3 Å². The highest BCUT2D eigenvalue weighted by Crippen LogP contribution is 2.24. The quantitative estimate of drug-likeness (QED) is 0.369. The van der Waals surface area contributed by atoms with Crippen LogP contribution in [-0.2, 0) is 0 Å². The van der Waals surface area contributed by atoms with Crippen LogP contribution in [0.15, 0.2) is 12.7 Å². The van der Waals surface area contributed by atoms with E-state index in [0.717, 1.165) is 4.90 Å². The van der Waals surface area contributed by atoms with Crippen molar-refractivity contribution in [1.82, 2.24) is 9.80 Å². The van der Waals surface area contributed by atoms with E-state index in [4.69, 9.17) is 0 Å². The van der Waals surface area contributed by atoms with Gasteiger partial charge in [-0.15, -0.1) is 6.58 Å². The minimum absolute atomic E-state index is 0.131.